The zero-order valence-electron chi connectivity index (χ0n) is 6.94. The zero-order chi connectivity index (χ0) is 11.0. The van der Waals surface area contributed by atoms with Crippen LogP contribution in [0.1, 0.15) is 19.3 Å². The molecule has 0 radical (unpaired) electrons. The van der Waals surface area contributed by atoms with E-state index in [0.29, 0.717) is 12.8 Å². The Hall–Kier alpha value is -0.760. The number of hydrogen-bond donors (Lipinski definition) is 1. The van der Waals surface area contributed by atoms with Crippen molar-refractivity contribution in [3.05, 3.63) is 0 Å². The second-order valence-corrected chi connectivity index (χ2v) is 4.41. The van der Waals surface area contributed by atoms with Gasteiger partial charge in [-0.3, -0.25) is 4.55 Å². The minimum absolute atomic E-state index is 0.438. The third kappa shape index (κ3) is 2.01. The summed E-state index contributed by atoms with van der Waals surface area (Å²) in [6, 6.07) is 0. The highest BCUT2D eigenvalue weighted by Gasteiger charge is 2.55. The molecule has 0 heterocycles. The summed E-state index contributed by atoms with van der Waals surface area (Å²) in [6.07, 6.45) is 0.964. The van der Waals surface area contributed by atoms with Crippen LogP contribution in [-0.2, 0) is 19.6 Å². The Labute approximate surface area is 78.8 Å². The van der Waals surface area contributed by atoms with Gasteiger partial charge in [-0.1, -0.05) is 0 Å². The Balaban J connectivity index is 2.67. The Morgan fingerprint density at radius 2 is 1.93 bits per heavy atom. The highest BCUT2D eigenvalue weighted by Crippen LogP contribution is 2.28. The molecule has 1 N–H and O–H groups in total. The van der Waals surface area contributed by atoms with Crippen molar-refractivity contribution in [1.29, 1.82) is 0 Å². The van der Waals surface area contributed by atoms with Crippen LogP contribution in [0.4, 0.5) is 8.78 Å². The Kier molecular flexibility index (Phi) is 2.77. The van der Waals surface area contributed by atoms with E-state index in [1.165, 1.54) is 0 Å². The van der Waals surface area contributed by atoms with Gasteiger partial charge in [-0.15, -0.1) is 0 Å². The number of carbonyl (C=O) groups is 1. The first-order valence-electron chi connectivity index (χ1n) is 3.81. The molecule has 0 unspecified atom stereocenters. The predicted molar refractivity (Wildman–Crippen MR) is 40.2 cm³/mol. The van der Waals surface area contributed by atoms with Gasteiger partial charge >= 0.3 is 21.3 Å². The van der Waals surface area contributed by atoms with E-state index in [1.807, 2.05) is 0 Å². The van der Waals surface area contributed by atoms with Crippen LogP contribution < -0.4 is 0 Å². The lowest BCUT2D eigenvalue weighted by Gasteiger charge is -2.26. The number of rotatable bonds is 3. The molecule has 1 rings (SSSR count). The van der Waals surface area contributed by atoms with E-state index < -0.39 is 27.4 Å². The first kappa shape index (κ1) is 11.3. The quantitative estimate of drug-likeness (QED) is 0.566. The van der Waals surface area contributed by atoms with Gasteiger partial charge in [0.2, 0.25) is 0 Å². The summed E-state index contributed by atoms with van der Waals surface area (Å²) in [7, 11) is -5.74. The lowest BCUT2D eigenvalue weighted by atomic mass is 9.96. The van der Waals surface area contributed by atoms with E-state index in [4.69, 9.17) is 4.55 Å². The fourth-order valence-electron chi connectivity index (χ4n) is 0.814. The molecule has 1 aliphatic rings. The van der Waals surface area contributed by atoms with Crippen LogP contribution in [0.15, 0.2) is 0 Å². The largest absolute Gasteiger partial charge is 0.465 e. The Morgan fingerprint density at radius 1 is 1.43 bits per heavy atom. The zero-order valence-corrected chi connectivity index (χ0v) is 7.76. The summed E-state index contributed by atoms with van der Waals surface area (Å²) >= 11 is 0. The average Bonchev–Trinajstić information content (AvgIpc) is 1.93. The van der Waals surface area contributed by atoms with E-state index in [9.17, 15) is 22.0 Å². The lowest BCUT2D eigenvalue weighted by Crippen LogP contribution is -2.41. The first-order valence-corrected chi connectivity index (χ1v) is 5.25. The molecule has 1 aliphatic carbocycles. The molecular formula is C6H8F2O5S. The highest BCUT2D eigenvalue weighted by molar-refractivity contribution is 7.87. The summed E-state index contributed by atoms with van der Waals surface area (Å²) in [5.41, 5.74) is 0. The highest BCUT2D eigenvalue weighted by atomic mass is 32.2. The minimum atomic E-state index is -5.74. The summed E-state index contributed by atoms with van der Waals surface area (Å²) < 4.78 is 57.4. The van der Waals surface area contributed by atoms with Gasteiger partial charge < -0.3 is 4.74 Å². The number of hydrogen-bond acceptors (Lipinski definition) is 4. The number of alkyl halides is 2. The predicted octanol–water partition coefficient (Wildman–Crippen LogP) is 0.563. The van der Waals surface area contributed by atoms with Crippen LogP contribution in [0, 0.1) is 0 Å². The number of ether oxygens (including phenoxy) is 1. The van der Waals surface area contributed by atoms with E-state index >= 15 is 0 Å². The van der Waals surface area contributed by atoms with Crippen LogP contribution in [0.25, 0.3) is 0 Å². The van der Waals surface area contributed by atoms with Gasteiger partial charge in [0.05, 0.1) is 0 Å². The number of carbonyl (C=O) groups excluding carboxylic acids is 1. The molecule has 0 aromatic carbocycles. The normalized spacial score (nSPS) is 18.8. The third-order valence-electron chi connectivity index (χ3n) is 1.89. The van der Waals surface area contributed by atoms with Gasteiger partial charge in [0.25, 0.3) is 0 Å². The summed E-state index contributed by atoms with van der Waals surface area (Å²) in [5.74, 6) is -2.22. The maximum Gasteiger partial charge on any atom is 0.465 e. The monoisotopic (exact) mass is 230 g/mol. The Morgan fingerprint density at radius 3 is 2.21 bits per heavy atom. The topological polar surface area (TPSA) is 80.7 Å². The molecule has 1 saturated carbocycles. The van der Waals surface area contributed by atoms with Gasteiger partial charge in [-0.2, -0.15) is 17.2 Å². The maximum atomic E-state index is 12.5. The first-order chi connectivity index (χ1) is 6.25. The van der Waals surface area contributed by atoms with E-state index in [2.05, 4.69) is 4.74 Å². The van der Waals surface area contributed by atoms with Crippen LogP contribution in [0.5, 0.6) is 0 Å². The van der Waals surface area contributed by atoms with E-state index in [0.717, 1.165) is 6.42 Å². The summed E-state index contributed by atoms with van der Waals surface area (Å²) in [6.45, 7) is 0. The van der Waals surface area contributed by atoms with Crippen molar-refractivity contribution in [3.8, 4) is 0 Å². The van der Waals surface area contributed by atoms with Crippen LogP contribution in [-0.4, -0.2) is 30.3 Å². The fourth-order valence-corrected chi connectivity index (χ4v) is 1.07. The molecule has 0 bridgehead atoms. The van der Waals surface area contributed by atoms with Crippen LogP contribution in [0.3, 0.4) is 0 Å². The summed E-state index contributed by atoms with van der Waals surface area (Å²) in [5, 5.41) is -4.87. The molecule has 82 valence electrons. The third-order valence-corrected chi connectivity index (χ3v) is 2.70. The molecular weight excluding hydrogens is 222 g/mol. The number of esters is 1. The lowest BCUT2D eigenvalue weighted by molar-refractivity contribution is -0.171. The fraction of sp³-hybridized carbons (Fsp3) is 0.833. The molecule has 0 aliphatic heterocycles. The van der Waals surface area contributed by atoms with E-state index in [1.54, 1.807) is 0 Å². The molecule has 14 heavy (non-hydrogen) atoms. The Bertz CT molecular complexity index is 332. The second-order valence-electron chi connectivity index (χ2n) is 2.95. The molecule has 0 aromatic rings. The maximum absolute atomic E-state index is 12.5. The molecule has 5 nitrogen and oxygen atoms in total. The molecule has 8 heteroatoms. The van der Waals surface area contributed by atoms with Gasteiger partial charge in [0.1, 0.15) is 6.10 Å². The van der Waals surface area contributed by atoms with Gasteiger partial charge in [0, 0.05) is 0 Å². The van der Waals surface area contributed by atoms with Crippen LogP contribution in [0.2, 0.25) is 0 Å². The van der Waals surface area contributed by atoms with Crippen molar-refractivity contribution in [3.63, 3.8) is 0 Å². The van der Waals surface area contributed by atoms with E-state index in [-0.39, 0.29) is 0 Å². The van der Waals surface area contributed by atoms with Gasteiger partial charge in [-0.25, -0.2) is 4.79 Å². The molecule has 0 atom stereocenters. The van der Waals surface area contributed by atoms with Gasteiger partial charge in [-0.05, 0) is 19.3 Å². The smallest absolute Gasteiger partial charge is 0.457 e. The van der Waals surface area contributed by atoms with Crippen molar-refractivity contribution in [1.82, 2.24) is 0 Å². The summed E-state index contributed by atoms with van der Waals surface area (Å²) in [4.78, 5) is 10.6. The molecule has 0 aromatic heterocycles. The van der Waals surface area contributed by atoms with Crippen LogP contribution >= 0.6 is 0 Å². The molecule has 1 fully saturated rings. The number of halogens is 2. The van der Waals surface area contributed by atoms with Crippen molar-refractivity contribution in [2.24, 2.45) is 0 Å². The standard InChI is InChI=1S/C6H8F2O5S/c7-6(8,14(10,11)12)5(9)13-4-2-1-3-4/h4H,1-3H2,(H,10,11,12). The van der Waals surface area contributed by atoms with Crippen molar-refractivity contribution >= 4 is 16.1 Å². The van der Waals surface area contributed by atoms with Crippen molar-refractivity contribution < 1.29 is 31.3 Å². The SMILES string of the molecule is O=C(OC1CCC1)C(F)(F)S(=O)(=O)O. The van der Waals surface area contributed by atoms with Crippen molar-refractivity contribution in [2.75, 3.05) is 0 Å². The molecule has 0 spiro atoms. The second kappa shape index (κ2) is 3.43. The minimum Gasteiger partial charge on any atom is -0.457 e. The van der Waals surface area contributed by atoms with Crippen molar-refractivity contribution in [2.45, 2.75) is 30.6 Å². The van der Waals surface area contributed by atoms with Gasteiger partial charge in [0.15, 0.2) is 0 Å². The average molecular weight is 230 g/mol. The molecule has 0 amide bonds. The molecule has 0 saturated heterocycles.